The fourth-order valence-corrected chi connectivity index (χ4v) is 4.23. The Morgan fingerprint density at radius 3 is 2.40 bits per heavy atom. The Morgan fingerprint density at radius 1 is 0.925 bits per heavy atom. The van der Waals surface area contributed by atoms with Crippen LogP contribution in [0.4, 0.5) is 0 Å². The van der Waals surface area contributed by atoms with Gasteiger partial charge in [-0.2, -0.15) is 0 Å². The highest BCUT2D eigenvalue weighted by Crippen LogP contribution is 2.25. The first-order valence-electron chi connectivity index (χ1n) is 13.5. The first-order valence-corrected chi connectivity index (χ1v) is 13.5. The van der Waals surface area contributed by atoms with Crippen molar-refractivity contribution >= 4 is 18.0 Å². The van der Waals surface area contributed by atoms with Crippen LogP contribution in [0.2, 0.25) is 0 Å². The van der Waals surface area contributed by atoms with E-state index in [-0.39, 0.29) is 18.1 Å². The summed E-state index contributed by atoms with van der Waals surface area (Å²) < 4.78 is 16.9. The minimum Gasteiger partial charge on any atom is -0.497 e. The van der Waals surface area contributed by atoms with Gasteiger partial charge in [0.1, 0.15) is 23.8 Å². The van der Waals surface area contributed by atoms with Crippen LogP contribution in [-0.4, -0.2) is 40.9 Å². The first kappa shape index (κ1) is 30.2. The molecule has 1 unspecified atom stereocenters. The lowest BCUT2D eigenvalue weighted by molar-refractivity contribution is -0.131. The third-order valence-electron chi connectivity index (χ3n) is 6.53. The highest BCUT2D eigenvalue weighted by atomic mass is 16.5. The van der Waals surface area contributed by atoms with Crippen LogP contribution in [0.5, 0.6) is 17.4 Å². The second kappa shape index (κ2) is 15.9. The van der Waals surface area contributed by atoms with Crippen molar-refractivity contribution in [3.8, 4) is 17.4 Å². The van der Waals surface area contributed by atoms with E-state index in [1.54, 1.807) is 31.4 Å². The molecule has 1 aromatic heterocycles. The summed E-state index contributed by atoms with van der Waals surface area (Å²) in [6.45, 7) is 2.88. The lowest BCUT2D eigenvalue weighted by Crippen LogP contribution is -2.03. The van der Waals surface area contributed by atoms with E-state index in [1.807, 2.05) is 12.1 Å². The normalized spacial score (nSPS) is 11.8. The zero-order chi connectivity index (χ0) is 28.7. The average molecular weight is 548 g/mol. The monoisotopic (exact) mass is 547 g/mol. The van der Waals surface area contributed by atoms with E-state index in [1.165, 1.54) is 30.2 Å². The lowest BCUT2D eigenvalue weighted by Gasteiger charge is -2.13. The van der Waals surface area contributed by atoms with Gasteiger partial charge in [0.2, 0.25) is 5.88 Å². The second-order valence-corrected chi connectivity index (χ2v) is 9.58. The molecule has 1 atom stereocenters. The van der Waals surface area contributed by atoms with Crippen molar-refractivity contribution in [2.75, 3.05) is 13.7 Å². The summed E-state index contributed by atoms with van der Waals surface area (Å²) >= 11 is 0. The molecule has 0 saturated carbocycles. The largest absolute Gasteiger partial charge is 0.497 e. The number of unbranched alkanes of at least 4 members (excludes halogenated alkanes) is 4. The van der Waals surface area contributed by atoms with Gasteiger partial charge in [-0.15, -0.1) is 0 Å². The van der Waals surface area contributed by atoms with Crippen LogP contribution in [0, 0.1) is 0 Å². The molecule has 8 heteroatoms. The third-order valence-corrected chi connectivity index (χ3v) is 6.53. The molecule has 0 amide bonds. The molecular formula is C32H37NO7. The number of benzene rings is 2. The second-order valence-electron chi connectivity index (χ2n) is 9.58. The molecule has 3 aromatic rings. The van der Waals surface area contributed by atoms with Crippen molar-refractivity contribution in [3.63, 3.8) is 0 Å². The Bertz CT molecular complexity index is 1270. The minimum absolute atomic E-state index is 0.120. The van der Waals surface area contributed by atoms with Gasteiger partial charge in [0.05, 0.1) is 19.3 Å². The van der Waals surface area contributed by atoms with Crippen molar-refractivity contribution in [1.82, 2.24) is 4.98 Å². The number of aliphatic carboxylic acids is 1. The number of carboxylic acids is 2. The van der Waals surface area contributed by atoms with E-state index in [0.29, 0.717) is 29.5 Å². The molecule has 2 N–H and O–H groups in total. The molecule has 0 aliphatic rings. The maximum absolute atomic E-state index is 11.2. The smallest absolute Gasteiger partial charge is 0.335 e. The fraction of sp³-hybridized carbons (Fsp3) is 0.344. The standard InChI is InChI=1S/C32H37NO7/c1-23(25-12-14-27(38-2)15-13-25)9-6-4-3-5-7-20-39-29-17-18-30(33-28(29)16-19-31(34)35)40-22-24-10-8-11-26(21-24)32(36)37/h8,10-19,21,23H,3-7,9,20,22H2,1-2H3,(H,34,35)(H,36,37). The van der Waals surface area contributed by atoms with Gasteiger partial charge in [-0.25, -0.2) is 14.6 Å². The predicted molar refractivity (Wildman–Crippen MR) is 153 cm³/mol. The molecule has 1 heterocycles. The van der Waals surface area contributed by atoms with Crippen LogP contribution in [0.1, 0.15) is 78.5 Å². The number of aromatic carboxylic acids is 1. The molecule has 3 rings (SSSR count). The molecule has 8 nitrogen and oxygen atoms in total. The number of aromatic nitrogens is 1. The summed E-state index contributed by atoms with van der Waals surface area (Å²) in [5, 5.41) is 18.2. The Labute approximate surface area is 235 Å². The molecule has 0 fully saturated rings. The predicted octanol–water partition coefficient (Wildman–Crippen LogP) is 6.99. The fourth-order valence-electron chi connectivity index (χ4n) is 4.23. The molecule has 0 aliphatic heterocycles. The van der Waals surface area contributed by atoms with Crippen molar-refractivity contribution in [3.05, 3.63) is 89.1 Å². The van der Waals surface area contributed by atoms with Gasteiger partial charge < -0.3 is 24.4 Å². The van der Waals surface area contributed by atoms with Gasteiger partial charge >= 0.3 is 11.9 Å². The first-order chi connectivity index (χ1) is 19.4. The SMILES string of the molecule is COc1ccc(C(C)CCCCCCCOc2ccc(OCc3cccc(C(=O)O)c3)nc2C=CC(=O)O)cc1. The Kier molecular flexibility index (Phi) is 12.0. The number of ether oxygens (including phenoxy) is 3. The van der Waals surface area contributed by atoms with Crippen molar-refractivity contribution in [2.24, 2.45) is 0 Å². The minimum atomic E-state index is -1.09. The molecule has 0 spiro atoms. The van der Waals surface area contributed by atoms with Crippen molar-refractivity contribution in [1.29, 1.82) is 0 Å². The maximum Gasteiger partial charge on any atom is 0.335 e. The van der Waals surface area contributed by atoms with Gasteiger partial charge in [0.25, 0.3) is 0 Å². The number of hydrogen-bond acceptors (Lipinski definition) is 6. The van der Waals surface area contributed by atoms with Crippen LogP contribution in [0.3, 0.4) is 0 Å². The van der Waals surface area contributed by atoms with Gasteiger partial charge in [-0.3, -0.25) is 0 Å². The van der Waals surface area contributed by atoms with Gasteiger partial charge in [0.15, 0.2) is 0 Å². The highest BCUT2D eigenvalue weighted by molar-refractivity contribution is 5.87. The summed E-state index contributed by atoms with van der Waals surface area (Å²) in [6.07, 6.45) is 8.91. The van der Waals surface area contributed by atoms with Crippen LogP contribution in [0.15, 0.2) is 66.7 Å². The summed E-state index contributed by atoms with van der Waals surface area (Å²) in [6, 6.07) is 18.1. The van der Waals surface area contributed by atoms with Gasteiger partial charge in [-0.1, -0.05) is 56.9 Å². The Morgan fingerprint density at radius 2 is 1.68 bits per heavy atom. The molecule has 212 valence electrons. The molecular weight excluding hydrogens is 510 g/mol. The van der Waals surface area contributed by atoms with Crippen LogP contribution in [0.25, 0.3) is 6.08 Å². The number of methoxy groups -OCH3 is 1. The van der Waals surface area contributed by atoms with Crippen LogP contribution in [-0.2, 0) is 11.4 Å². The van der Waals surface area contributed by atoms with Crippen LogP contribution < -0.4 is 14.2 Å². The third kappa shape index (κ3) is 10.1. The summed E-state index contributed by atoms with van der Waals surface area (Å²) in [4.78, 5) is 26.6. The average Bonchev–Trinajstić information content (AvgIpc) is 2.96. The quantitative estimate of drug-likeness (QED) is 0.137. The highest BCUT2D eigenvalue weighted by Gasteiger charge is 2.09. The van der Waals surface area contributed by atoms with Crippen LogP contribution >= 0.6 is 0 Å². The molecule has 0 bridgehead atoms. The molecule has 40 heavy (non-hydrogen) atoms. The number of carbonyl (C=O) groups is 2. The summed E-state index contributed by atoms with van der Waals surface area (Å²) in [7, 11) is 1.68. The summed E-state index contributed by atoms with van der Waals surface area (Å²) in [5.74, 6) is 0.0468. The van der Waals surface area contributed by atoms with Crippen molar-refractivity contribution in [2.45, 2.75) is 58.0 Å². The number of pyridine rings is 1. The van der Waals surface area contributed by atoms with E-state index in [0.717, 1.165) is 43.9 Å². The van der Waals surface area contributed by atoms with Crippen molar-refractivity contribution < 1.29 is 34.0 Å². The molecule has 0 saturated heterocycles. The van der Waals surface area contributed by atoms with E-state index in [2.05, 4.69) is 24.0 Å². The zero-order valence-corrected chi connectivity index (χ0v) is 23.0. The zero-order valence-electron chi connectivity index (χ0n) is 23.0. The summed E-state index contributed by atoms with van der Waals surface area (Å²) in [5.41, 5.74) is 2.54. The number of hydrogen-bond donors (Lipinski definition) is 2. The topological polar surface area (TPSA) is 115 Å². The lowest BCUT2D eigenvalue weighted by atomic mass is 9.95. The number of nitrogens with zero attached hydrogens (tertiary/aromatic N) is 1. The number of carboxylic acid groups (broad SMARTS) is 2. The molecule has 0 aliphatic carbocycles. The van der Waals surface area contributed by atoms with E-state index >= 15 is 0 Å². The van der Waals surface area contributed by atoms with Gasteiger partial charge in [0, 0.05) is 12.1 Å². The Balaban J connectivity index is 1.42. The molecule has 0 radical (unpaired) electrons. The van der Waals surface area contributed by atoms with E-state index < -0.39 is 11.9 Å². The van der Waals surface area contributed by atoms with E-state index in [9.17, 15) is 9.59 Å². The maximum atomic E-state index is 11.2. The number of rotatable bonds is 17. The molecule has 2 aromatic carbocycles. The van der Waals surface area contributed by atoms with E-state index in [4.69, 9.17) is 24.4 Å². The Hall–Kier alpha value is -4.33. The van der Waals surface area contributed by atoms with Gasteiger partial charge in [-0.05, 0) is 66.3 Å².